The Kier molecular flexibility index (Phi) is 5.62. The van der Waals surface area contributed by atoms with Crippen LogP contribution in [-0.2, 0) is 27.3 Å². The highest BCUT2D eigenvalue weighted by atomic mass is 35.5. The SMILES string of the molecule is O=C(CCN1C(=O)CCC1=O)Nc1ccc(Cl)c(-c2nnc3n2CCCCC3)c1. The number of aryl methyl sites for hydroxylation is 1. The van der Waals surface area contributed by atoms with Crippen LogP contribution in [0.15, 0.2) is 18.2 Å². The number of benzene rings is 1. The number of amides is 3. The van der Waals surface area contributed by atoms with E-state index in [9.17, 15) is 14.4 Å². The second-order valence-corrected chi connectivity index (χ2v) is 7.74. The fraction of sp³-hybridized carbons (Fsp3) is 0.450. The second kappa shape index (κ2) is 8.32. The number of nitrogens with zero attached hydrogens (tertiary/aromatic N) is 4. The summed E-state index contributed by atoms with van der Waals surface area (Å²) in [5, 5.41) is 12.0. The van der Waals surface area contributed by atoms with Gasteiger partial charge in [-0.1, -0.05) is 18.0 Å². The van der Waals surface area contributed by atoms with Crippen molar-refractivity contribution in [3.05, 3.63) is 29.0 Å². The van der Waals surface area contributed by atoms with Crippen LogP contribution in [0.4, 0.5) is 5.69 Å². The number of hydrogen-bond acceptors (Lipinski definition) is 5. The van der Waals surface area contributed by atoms with Gasteiger partial charge < -0.3 is 9.88 Å². The molecule has 3 amide bonds. The van der Waals surface area contributed by atoms with Gasteiger partial charge in [0, 0.05) is 50.0 Å². The van der Waals surface area contributed by atoms with Gasteiger partial charge in [-0.15, -0.1) is 10.2 Å². The summed E-state index contributed by atoms with van der Waals surface area (Å²) in [6.07, 6.45) is 4.73. The minimum atomic E-state index is -0.272. The number of nitrogens with one attached hydrogen (secondary N) is 1. The fourth-order valence-corrected chi connectivity index (χ4v) is 3.97. The lowest BCUT2D eigenvalue weighted by Crippen LogP contribution is -2.32. The fourth-order valence-electron chi connectivity index (χ4n) is 3.77. The number of carbonyl (C=O) groups excluding carboxylic acids is 3. The molecule has 1 aromatic carbocycles. The van der Waals surface area contributed by atoms with E-state index in [0.29, 0.717) is 16.5 Å². The minimum Gasteiger partial charge on any atom is -0.326 e. The Morgan fingerprint density at radius 1 is 1.07 bits per heavy atom. The number of halogens is 1. The first-order chi connectivity index (χ1) is 14.0. The van der Waals surface area contributed by atoms with Crippen LogP contribution in [0.1, 0.15) is 44.3 Å². The first kappa shape index (κ1) is 19.6. The number of rotatable bonds is 5. The van der Waals surface area contributed by atoms with Crippen molar-refractivity contribution in [1.29, 1.82) is 0 Å². The molecule has 0 spiro atoms. The largest absolute Gasteiger partial charge is 0.326 e. The van der Waals surface area contributed by atoms with Crippen molar-refractivity contribution in [2.75, 3.05) is 11.9 Å². The zero-order valence-electron chi connectivity index (χ0n) is 16.0. The molecular weight excluding hydrogens is 394 g/mol. The van der Waals surface area contributed by atoms with Crippen molar-refractivity contribution < 1.29 is 14.4 Å². The van der Waals surface area contributed by atoms with E-state index in [4.69, 9.17) is 11.6 Å². The molecule has 1 N–H and O–H groups in total. The van der Waals surface area contributed by atoms with Crippen molar-refractivity contribution in [3.8, 4) is 11.4 Å². The number of anilines is 1. The molecule has 0 atom stereocenters. The highest BCUT2D eigenvalue weighted by molar-refractivity contribution is 6.33. The molecule has 29 heavy (non-hydrogen) atoms. The average molecular weight is 416 g/mol. The van der Waals surface area contributed by atoms with Crippen molar-refractivity contribution in [2.45, 2.75) is 51.5 Å². The Morgan fingerprint density at radius 2 is 1.86 bits per heavy atom. The molecule has 9 heteroatoms. The van der Waals surface area contributed by atoms with Crippen LogP contribution in [-0.4, -0.2) is 43.9 Å². The van der Waals surface area contributed by atoms with Crippen LogP contribution in [0.3, 0.4) is 0 Å². The molecule has 0 saturated carbocycles. The van der Waals surface area contributed by atoms with E-state index >= 15 is 0 Å². The van der Waals surface area contributed by atoms with E-state index in [2.05, 4.69) is 20.1 Å². The molecule has 1 saturated heterocycles. The average Bonchev–Trinajstić information content (AvgIpc) is 3.15. The molecule has 2 aromatic rings. The van der Waals surface area contributed by atoms with Crippen LogP contribution in [0, 0.1) is 0 Å². The summed E-state index contributed by atoms with van der Waals surface area (Å²) in [6, 6.07) is 5.22. The van der Waals surface area contributed by atoms with Gasteiger partial charge in [-0.05, 0) is 31.0 Å². The number of fused-ring (bicyclic) bond motifs is 1. The van der Waals surface area contributed by atoms with Gasteiger partial charge in [0.2, 0.25) is 17.7 Å². The molecule has 3 heterocycles. The van der Waals surface area contributed by atoms with Gasteiger partial charge in [-0.25, -0.2) is 0 Å². The summed E-state index contributed by atoms with van der Waals surface area (Å²) in [5.41, 5.74) is 1.30. The van der Waals surface area contributed by atoms with E-state index < -0.39 is 0 Å². The zero-order chi connectivity index (χ0) is 20.4. The second-order valence-electron chi connectivity index (χ2n) is 7.33. The third-order valence-corrected chi connectivity index (χ3v) is 5.65. The number of hydrogen-bond donors (Lipinski definition) is 1. The Bertz CT molecular complexity index is 955. The quantitative estimate of drug-likeness (QED) is 0.757. The van der Waals surface area contributed by atoms with E-state index in [0.717, 1.165) is 48.5 Å². The summed E-state index contributed by atoms with van der Waals surface area (Å²) in [4.78, 5) is 36.8. The lowest BCUT2D eigenvalue weighted by atomic mass is 10.1. The molecule has 1 fully saturated rings. The van der Waals surface area contributed by atoms with E-state index in [1.807, 2.05) is 0 Å². The third kappa shape index (κ3) is 4.17. The molecule has 4 rings (SSSR count). The monoisotopic (exact) mass is 415 g/mol. The third-order valence-electron chi connectivity index (χ3n) is 5.32. The Balaban J connectivity index is 1.47. The predicted molar refractivity (Wildman–Crippen MR) is 107 cm³/mol. The van der Waals surface area contributed by atoms with Gasteiger partial charge in [0.25, 0.3) is 0 Å². The molecule has 0 bridgehead atoms. The zero-order valence-corrected chi connectivity index (χ0v) is 16.7. The smallest absolute Gasteiger partial charge is 0.229 e. The van der Waals surface area contributed by atoms with Crippen LogP contribution in [0.2, 0.25) is 5.02 Å². The molecule has 0 aliphatic carbocycles. The highest BCUT2D eigenvalue weighted by Crippen LogP contribution is 2.31. The summed E-state index contributed by atoms with van der Waals surface area (Å²) >= 11 is 6.41. The van der Waals surface area contributed by atoms with Gasteiger partial charge in [-0.3, -0.25) is 19.3 Å². The maximum Gasteiger partial charge on any atom is 0.229 e. The standard InChI is InChI=1S/C20H22ClN5O3/c21-15-6-5-13(22-17(27)9-11-26-18(28)7-8-19(26)29)12-14(15)20-24-23-16-4-2-1-3-10-25(16)20/h5-6,12H,1-4,7-11H2,(H,22,27). The predicted octanol–water partition coefficient (Wildman–Crippen LogP) is 2.80. The topological polar surface area (TPSA) is 97.2 Å². The van der Waals surface area contributed by atoms with Gasteiger partial charge >= 0.3 is 0 Å². The van der Waals surface area contributed by atoms with Gasteiger partial charge in [0.1, 0.15) is 5.82 Å². The summed E-state index contributed by atoms with van der Waals surface area (Å²) < 4.78 is 2.10. The van der Waals surface area contributed by atoms with Crippen molar-refractivity contribution in [1.82, 2.24) is 19.7 Å². The van der Waals surface area contributed by atoms with E-state index in [1.165, 1.54) is 0 Å². The minimum absolute atomic E-state index is 0.0514. The molecule has 0 unspecified atom stereocenters. The Morgan fingerprint density at radius 3 is 2.66 bits per heavy atom. The van der Waals surface area contributed by atoms with E-state index in [1.54, 1.807) is 18.2 Å². The molecule has 2 aliphatic heterocycles. The molecule has 1 aromatic heterocycles. The lowest BCUT2D eigenvalue weighted by molar-refractivity contribution is -0.138. The number of imide groups is 1. The molecule has 152 valence electrons. The van der Waals surface area contributed by atoms with Crippen molar-refractivity contribution in [3.63, 3.8) is 0 Å². The van der Waals surface area contributed by atoms with Crippen LogP contribution < -0.4 is 5.32 Å². The van der Waals surface area contributed by atoms with Crippen LogP contribution in [0.5, 0.6) is 0 Å². The first-order valence-electron chi connectivity index (χ1n) is 9.88. The van der Waals surface area contributed by atoms with Gasteiger partial charge in [-0.2, -0.15) is 0 Å². The van der Waals surface area contributed by atoms with Gasteiger partial charge in [0.05, 0.1) is 5.02 Å². The van der Waals surface area contributed by atoms with Crippen molar-refractivity contribution in [2.24, 2.45) is 0 Å². The normalized spacial score (nSPS) is 16.7. The first-order valence-corrected chi connectivity index (χ1v) is 10.3. The summed E-state index contributed by atoms with van der Waals surface area (Å²) in [7, 11) is 0. The Hall–Kier alpha value is -2.74. The van der Waals surface area contributed by atoms with Crippen LogP contribution >= 0.6 is 11.6 Å². The summed E-state index contributed by atoms with van der Waals surface area (Å²) in [5.74, 6) is 0.957. The van der Waals surface area contributed by atoms with Crippen LogP contribution in [0.25, 0.3) is 11.4 Å². The Labute approximate surface area is 173 Å². The summed E-state index contributed by atoms with van der Waals surface area (Å²) in [6.45, 7) is 0.949. The number of likely N-dealkylation sites (tertiary alicyclic amines) is 1. The van der Waals surface area contributed by atoms with E-state index in [-0.39, 0.29) is 43.5 Å². The van der Waals surface area contributed by atoms with Gasteiger partial charge in [0.15, 0.2) is 5.82 Å². The van der Waals surface area contributed by atoms with Crippen molar-refractivity contribution >= 4 is 35.0 Å². The highest BCUT2D eigenvalue weighted by Gasteiger charge is 2.28. The maximum atomic E-state index is 12.3. The molecule has 2 aliphatic rings. The number of aromatic nitrogens is 3. The molecular formula is C20H22ClN5O3. The maximum absolute atomic E-state index is 12.3. The molecule has 8 nitrogen and oxygen atoms in total. The molecule has 0 radical (unpaired) electrons. The number of carbonyl (C=O) groups is 3. The lowest BCUT2D eigenvalue weighted by Gasteiger charge is -2.14.